The van der Waals surface area contributed by atoms with Gasteiger partial charge < -0.3 is 10.5 Å². The lowest BCUT2D eigenvalue weighted by molar-refractivity contribution is 0.0596. The number of carbonyl (C=O) groups excluding carboxylic acids is 1. The Morgan fingerprint density at radius 2 is 2.18 bits per heavy atom. The van der Waals surface area contributed by atoms with E-state index in [1.54, 1.807) is 0 Å². The Hall–Kier alpha value is -1.10. The van der Waals surface area contributed by atoms with Crippen LogP contribution in [0.25, 0.3) is 0 Å². The molecule has 1 heterocycles. The monoisotopic (exact) mass is 254 g/mol. The predicted octanol–water partition coefficient (Wildman–Crippen LogP) is 2.63. The van der Waals surface area contributed by atoms with E-state index in [1.807, 2.05) is 0 Å². The third-order valence-corrected chi connectivity index (χ3v) is 4.17. The summed E-state index contributed by atoms with van der Waals surface area (Å²) in [6, 6.07) is 0. The van der Waals surface area contributed by atoms with Crippen LogP contribution in [0, 0.1) is 5.92 Å². The van der Waals surface area contributed by atoms with E-state index in [-0.39, 0.29) is 5.69 Å². The molecule has 1 aromatic rings. The average molecular weight is 254 g/mol. The van der Waals surface area contributed by atoms with Crippen molar-refractivity contribution in [3.63, 3.8) is 0 Å². The Balaban J connectivity index is 2.03. The van der Waals surface area contributed by atoms with Crippen LogP contribution in [0.1, 0.15) is 47.6 Å². The maximum absolute atomic E-state index is 11.4. The molecule has 0 radical (unpaired) electrons. The summed E-state index contributed by atoms with van der Waals surface area (Å²) in [5.74, 6) is 0.272. The normalized spacial score (nSPS) is 17.0. The molecule has 17 heavy (non-hydrogen) atoms. The molecule has 2 rings (SSSR count). The number of aromatic nitrogens is 1. The van der Waals surface area contributed by atoms with Gasteiger partial charge in [-0.25, -0.2) is 9.78 Å². The van der Waals surface area contributed by atoms with Crippen molar-refractivity contribution in [3.8, 4) is 0 Å². The quantitative estimate of drug-likeness (QED) is 0.842. The maximum atomic E-state index is 11.4. The first-order valence-corrected chi connectivity index (χ1v) is 6.86. The summed E-state index contributed by atoms with van der Waals surface area (Å²) >= 11 is 1.42. The van der Waals surface area contributed by atoms with Crippen LogP contribution >= 0.6 is 11.3 Å². The van der Waals surface area contributed by atoms with Gasteiger partial charge in [-0.2, -0.15) is 0 Å². The molecule has 0 bridgehead atoms. The number of nitrogens with zero attached hydrogens (tertiary/aromatic N) is 1. The Bertz CT molecular complexity index is 397. The molecule has 5 heteroatoms. The van der Waals surface area contributed by atoms with Gasteiger partial charge in [-0.15, -0.1) is 11.3 Å². The molecule has 2 N–H and O–H groups in total. The average Bonchev–Trinajstić information content (AvgIpc) is 2.70. The number of thiazole rings is 1. The van der Waals surface area contributed by atoms with Crippen LogP contribution in [0.2, 0.25) is 0 Å². The minimum absolute atomic E-state index is 0.281. The van der Waals surface area contributed by atoms with Crippen molar-refractivity contribution in [1.82, 2.24) is 4.98 Å². The Morgan fingerprint density at radius 3 is 2.82 bits per heavy atom. The van der Waals surface area contributed by atoms with E-state index < -0.39 is 5.97 Å². The predicted molar refractivity (Wildman–Crippen MR) is 68.1 cm³/mol. The first-order valence-electron chi connectivity index (χ1n) is 6.04. The highest BCUT2D eigenvalue weighted by Gasteiger charge is 2.20. The van der Waals surface area contributed by atoms with Gasteiger partial charge in [0.2, 0.25) is 0 Å². The van der Waals surface area contributed by atoms with E-state index >= 15 is 0 Å². The Labute approximate surface area is 105 Å². The largest absolute Gasteiger partial charge is 0.464 e. The molecule has 1 aliphatic rings. The highest BCUT2D eigenvalue weighted by Crippen LogP contribution is 2.30. The first kappa shape index (κ1) is 12.4. The van der Waals surface area contributed by atoms with Crippen molar-refractivity contribution < 1.29 is 9.53 Å². The van der Waals surface area contributed by atoms with Crippen molar-refractivity contribution in [2.24, 2.45) is 5.92 Å². The smallest absolute Gasteiger partial charge is 0.359 e. The number of methoxy groups -OCH3 is 1. The lowest BCUT2D eigenvalue weighted by Gasteiger charge is -2.20. The topological polar surface area (TPSA) is 65.2 Å². The number of hydrogen-bond donors (Lipinski definition) is 1. The van der Waals surface area contributed by atoms with E-state index in [9.17, 15) is 4.79 Å². The highest BCUT2D eigenvalue weighted by molar-refractivity contribution is 7.15. The number of nitrogen functional groups attached to an aromatic ring is 1. The molecule has 1 fully saturated rings. The Morgan fingerprint density at radius 1 is 1.47 bits per heavy atom. The van der Waals surface area contributed by atoms with E-state index in [0.717, 1.165) is 11.4 Å². The summed E-state index contributed by atoms with van der Waals surface area (Å²) < 4.78 is 4.65. The zero-order valence-electron chi connectivity index (χ0n) is 10.1. The summed E-state index contributed by atoms with van der Waals surface area (Å²) in [4.78, 5) is 15.7. The maximum Gasteiger partial charge on any atom is 0.359 e. The van der Waals surface area contributed by atoms with Crippen LogP contribution < -0.4 is 5.73 Å². The number of rotatable bonds is 3. The Kier molecular flexibility index (Phi) is 3.99. The molecule has 94 valence electrons. The molecule has 1 aliphatic carbocycles. The first-order chi connectivity index (χ1) is 8.20. The van der Waals surface area contributed by atoms with Crippen molar-refractivity contribution in [2.45, 2.75) is 38.5 Å². The standard InChI is InChI=1S/C12H18N2O2S/c1-16-12(15)10-11(13)17-9(14-10)7-8-5-3-2-4-6-8/h8H,2-7,13H2,1H3. The van der Waals surface area contributed by atoms with Crippen LogP contribution in [0.5, 0.6) is 0 Å². The lowest BCUT2D eigenvalue weighted by atomic mass is 9.87. The highest BCUT2D eigenvalue weighted by atomic mass is 32.1. The molecule has 0 amide bonds. The van der Waals surface area contributed by atoms with Crippen LogP contribution in [0.15, 0.2) is 0 Å². The van der Waals surface area contributed by atoms with E-state index in [2.05, 4.69) is 9.72 Å². The fourth-order valence-electron chi connectivity index (χ4n) is 2.35. The lowest BCUT2D eigenvalue weighted by Crippen LogP contribution is -2.09. The molecule has 0 aliphatic heterocycles. The molecule has 1 aromatic heterocycles. The number of nitrogens with two attached hydrogens (primary N) is 1. The van der Waals surface area contributed by atoms with Gasteiger partial charge >= 0.3 is 5.97 Å². The number of carbonyl (C=O) groups is 1. The van der Waals surface area contributed by atoms with Gasteiger partial charge in [0.15, 0.2) is 5.69 Å². The van der Waals surface area contributed by atoms with Gasteiger partial charge in [-0.05, 0) is 5.92 Å². The molecule has 0 aromatic carbocycles. The third kappa shape index (κ3) is 2.97. The van der Waals surface area contributed by atoms with Gasteiger partial charge in [-0.3, -0.25) is 0 Å². The number of anilines is 1. The van der Waals surface area contributed by atoms with Gasteiger partial charge in [0.25, 0.3) is 0 Å². The molecule has 0 spiro atoms. The summed E-state index contributed by atoms with van der Waals surface area (Å²) in [5, 5.41) is 1.44. The number of ether oxygens (including phenoxy) is 1. The van der Waals surface area contributed by atoms with Gasteiger partial charge in [0.05, 0.1) is 12.1 Å². The van der Waals surface area contributed by atoms with Crippen molar-refractivity contribution in [3.05, 3.63) is 10.7 Å². The molecule has 0 saturated heterocycles. The van der Waals surface area contributed by atoms with E-state index in [4.69, 9.17) is 5.73 Å². The second-order valence-corrected chi connectivity index (χ2v) is 5.64. The van der Waals surface area contributed by atoms with E-state index in [1.165, 1.54) is 50.6 Å². The molecular weight excluding hydrogens is 236 g/mol. The van der Waals surface area contributed by atoms with Crippen molar-refractivity contribution in [2.75, 3.05) is 12.8 Å². The molecule has 0 atom stereocenters. The number of esters is 1. The molecule has 4 nitrogen and oxygen atoms in total. The van der Waals surface area contributed by atoms with Gasteiger partial charge in [0, 0.05) is 6.42 Å². The fraction of sp³-hybridized carbons (Fsp3) is 0.667. The second-order valence-electron chi connectivity index (χ2n) is 4.52. The van der Waals surface area contributed by atoms with Gasteiger partial charge in [0.1, 0.15) is 5.00 Å². The van der Waals surface area contributed by atoms with Crippen LogP contribution in [-0.2, 0) is 11.2 Å². The SMILES string of the molecule is COC(=O)c1nc(CC2CCCCC2)sc1N. The van der Waals surface area contributed by atoms with Crippen LogP contribution in [0.4, 0.5) is 5.00 Å². The van der Waals surface area contributed by atoms with E-state index in [0.29, 0.717) is 10.9 Å². The summed E-state index contributed by atoms with van der Waals surface area (Å²) in [6.07, 6.45) is 7.47. The summed E-state index contributed by atoms with van der Waals surface area (Å²) in [5.41, 5.74) is 6.06. The molecule has 0 unspecified atom stereocenters. The summed E-state index contributed by atoms with van der Waals surface area (Å²) in [6.45, 7) is 0. The van der Waals surface area contributed by atoms with Gasteiger partial charge in [-0.1, -0.05) is 32.1 Å². The minimum Gasteiger partial charge on any atom is -0.464 e. The third-order valence-electron chi connectivity index (χ3n) is 3.26. The minimum atomic E-state index is -0.436. The second kappa shape index (κ2) is 5.49. The fourth-order valence-corrected chi connectivity index (χ4v) is 3.28. The van der Waals surface area contributed by atoms with Crippen molar-refractivity contribution in [1.29, 1.82) is 0 Å². The molecular formula is C12H18N2O2S. The van der Waals surface area contributed by atoms with Crippen LogP contribution in [0.3, 0.4) is 0 Å². The number of hydrogen-bond acceptors (Lipinski definition) is 5. The summed E-state index contributed by atoms with van der Waals surface area (Å²) in [7, 11) is 1.35. The zero-order chi connectivity index (χ0) is 12.3. The van der Waals surface area contributed by atoms with Crippen molar-refractivity contribution >= 4 is 22.3 Å². The zero-order valence-corrected chi connectivity index (χ0v) is 10.9. The molecule has 1 saturated carbocycles. The van der Waals surface area contributed by atoms with Crippen LogP contribution in [-0.4, -0.2) is 18.1 Å².